The normalized spacial score (nSPS) is 10.8. The van der Waals surface area contributed by atoms with E-state index in [0.717, 1.165) is 0 Å². The van der Waals surface area contributed by atoms with E-state index in [4.69, 9.17) is 42.7 Å². The van der Waals surface area contributed by atoms with Gasteiger partial charge in [0, 0.05) is 0 Å². The van der Waals surface area contributed by atoms with Gasteiger partial charge in [-0.1, -0.05) is 29.3 Å². The zero-order valence-electron chi connectivity index (χ0n) is 15.7. The first kappa shape index (κ1) is 22.3. The summed E-state index contributed by atoms with van der Waals surface area (Å²) in [6, 6.07) is 10.8. The lowest BCUT2D eigenvalue weighted by Gasteiger charge is -2.12. The molecule has 0 unspecified atom stereocenters. The number of carbonyl (C=O) groups excluding carboxylic acids is 2. The van der Waals surface area contributed by atoms with Gasteiger partial charge in [0.1, 0.15) is 11.6 Å². The molecule has 0 saturated carbocycles. The Labute approximate surface area is 178 Å². The van der Waals surface area contributed by atoms with Gasteiger partial charge in [-0.3, -0.25) is 0 Å². The first-order valence-electron chi connectivity index (χ1n) is 8.62. The third-order valence-electron chi connectivity index (χ3n) is 3.55. The van der Waals surface area contributed by atoms with Crippen molar-refractivity contribution < 1.29 is 23.8 Å². The van der Waals surface area contributed by atoms with Crippen LogP contribution in [0.25, 0.3) is 6.08 Å². The Balaban J connectivity index is 2.31. The highest BCUT2D eigenvalue weighted by Gasteiger charge is 2.15. The van der Waals surface area contributed by atoms with Crippen molar-refractivity contribution in [1.29, 1.82) is 5.26 Å². The van der Waals surface area contributed by atoms with Crippen LogP contribution < -0.4 is 9.47 Å². The number of nitriles is 1. The van der Waals surface area contributed by atoms with E-state index in [2.05, 4.69) is 0 Å². The van der Waals surface area contributed by atoms with Gasteiger partial charge >= 0.3 is 11.9 Å². The number of benzene rings is 2. The minimum atomic E-state index is -0.719. The molecule has 0 saturated heterocycles. The maximum atomic E-state index is 12.4. The van der Waals surface area contributed by atoms with Gasteiger partial charge in [0.05, 0.1) is 28.8 Å². The molecule has 150 valence electrons. The van der Waals surface area contributed by atoms with Crippen LogP contribution in [0.15, 0.2) is 42.0 Å². The smallest absolute Gasteiger partial charge is 0.348 e. The Morgan fingerprint density at radius 3 is 2.41 bits per heavy atom. The fourth-order valence-electron chi connectivity index (χ4n) is 2.26. The topological polar surface area (TPSA) is 85.6 Å². The number of carbonyl (C=O) groups is 2. The minimum absolute atomic E-state index is 0.158. The summed E-state index contributed by atoms with van der Waals surface area (Å²) in [6.07, 6.45) is 1.37. The molecule has 0 fully saturated rings. The Kier molecular flexibility index (Phi) is 8.08. The van der Waals surface area contributed by atoms with Gasteiger partial charge in [-0.2, -0.15) is 5.26 Å². The van der Waals surface area contributed by atoms with E-state index < -0.39 is 11.9 Å². The van der Waals surface area contributed by atoms with Gasteiger partial charge in [-0.05, 0) is 55.8 Å². The Bertz CT molecular complexity index is 995. The molecule has 0 amide bonds. The summed E-state index contributed by atoms with van der Waals surface area (Å²) < 4.78 is 15.8. The maximum absolute atomic E-state index is 12.4. The number of halogens is 2. The van der Waals surface area contributed by atoms with Crippen LogP contribution in [0.5, 0.6) is 11.5 Å². The average molecular weight is 434 g/mol. The second-order valence-electron chi connectivity index (χ2n) is 5.55. The van der Waals surface area contributed by atoms with Gasteiger partial charge < -0.3 is 14.2 Å². The molecular weight excluding hydrogens is 417 g/mol. The number of esters is 2. The SMILES string of the molecule is CCOC(=O)/C(C#N)=C/c1ccc(OC(=O)c2ccc(Cl)c(Cl)c2)c(OCC)c1. The number of hydrogen-bond donors (Lipinski definition) is 0. The Morgan fingerprint density at radius 1 is 1.03 bits per heavy atom. The quantitative estimate of drug-likeness (QED) is 0.262. The van der Waals surface area contributed by atoms with Gasteiger partial charge in [0.25, 0.3) is 0 Å². The van der Waals surface area contributed by atoms with Crippen molar-refractivity contribution in [1.82, 2.24) is 0 Å². The van der Waals surface area contributed by atoms with Crippen molar-refractivity contribution in [2.24, 2.45) is 0 Å². The monoisotopic (exact) mass is 433 g/mol. The second-order valence-corrected chi connectivity index (χ2v) is 6.36. The lowest BCUT2D eigenvalue weighted by atomic mass is 10.1. The molecule has 0 bridgehead atoms. The van der Waals surface area contributed by atoms with Crippen molar-refractivity contribution in [2.75, 3.05) is 13.2 Å². The first-order chi connectivity index (χ1) is 13.9. The number of hydrogen-bond acceptors (Lipinski definition) is 6. The van der Waals surface area contributed by atoms with Gasteiger partial charge in [0.2, 0.25) is 0 Å². The fraction of sp³-hybridized carbons (Fsp3) is 0.190. The molecule has 2 aromatic rings. The van der Waals surface area contributed by atoms with E-state index in [1.807, 2.05) is 0 Å². The van der Waals surface area contributed by atoms with Crippen LogP contribution in [0.3, 0.4) is 0 Å². The van der Waals surface area contributed by atoms with E-state index in [1.54, 1.807) is 32.0 Å². The van der Waals surface area contributed by atoms with Gasteiger partial charge in [0.15, 0.2) is 11.5 Å². The van der Waals surface area contributed by atoms with E-state index in [1.165, 1.54) is 30.3 Å². The van der Waals surface area contributed by atoms with E-state index in [0.29, 0.717) is 17.2 Å². The molecule has 2 rings (SSSR count). The van der Waals surface area contributed by atoms with Gasteiger partial charge in [-0.15, -0.1) is 0 Å². The summed E-state index contributed by atoms with van der Waals surface area (Å²) in [5.41, 5.74) is 0.571. The van der Waals surface area contributed by atoms with Crippen molar-refractivity contribution in [3.8, 4) is 17.6 Å². The molecule has 0 aliphatic carbocycles. The second kappa shape index (κ2) is 10.5. The van der Waals surface area contributed by atoms with Gasteiger partial charge in [-0.25, -0.2) is 9.59 Å². The van der Waals surface area contributed by atoms with Crippen LogP contribution in [-0.2, 0) is 9.53 Å². The molecule has 0 radical (unpaired) electrons. The van der Waals surface area contributed by atoms with E-state index in [-0.39, 0.29) is 34.3 Å². The number of ether oxygens (including phenoxy) is 3. The zero-order chi connectivity index (χ0) is 21.4. The van der Waals surface area contributed by atoms with Crippen LogP contribution >= 0.6 is 23.2 Å². The molecule has 6 nitrogen and oxygen atoms in total. The predicted octanol–water partition coefficient (Wildman–Crippen LogP) is 5.08. The molecule has 0 heterocycles. The maximum Gasteiger partial charge on any atom is 0.348 e. The molecule has 29 heavy (non-hydrogen) atoms. The average Bonchev–Trinajstić information content (AvgIpc) is 2.70. The largest absolute Gasteiger partial charge is 0.490 e. The summed E-state index contributed by atoms with van der Waals surface area (Å²) in [7, 11) is 0. The summed E-state index contributed by atoms with van der Waals surface area (Å²) in [6.45, 7) is 3.89. The third kappa shape index (κ3) is 5.98. The fourth-order valence-corrected chi connectivity index (χ4v) is 2.56. The molecule has 8 heteroatoms. The highest BCUT2D eigenvalue weighted by Crippen LogP contribution is 2.31. The molecule has 0 N–H and O–H groups in total. The van der Waals surface area contributed by atoms with Crippen molar-refractivity contribution >= 4 is 41.2 Å². The van der Waals surface area contributed by atoms with Crippen molar-refractivity contribution in [3.63, 3.8) is 0 Å². The summed E-state index contributed by atoms with van der Waals surface area (Å²) >= 11 is 11.8. The first-order valence-corrected chi connectivity index (χ1v) is 9.38. The van der Waals surface area contributed by atoms with E-state index >= 15 is 0 Å². The highest BCUT2D eigenvalue weighted by atomic mass is 35.5. The van der Waals surface area contributed by atoms with Crippen LogP contribution in [0.1, 0.15) is 29.8 Å². The van der Waals surface area contributed by atoms with Crippen molar-refractivity contribution in [2.45, 2.75) is 13.8 Å². The molecular formula is C21H17Cl2NO5. The zero-order valence-corrected chi connectivity index (χ0v) is 17.2. The van der Waals surface area contributed by atoms with Crippen molar-refractivity contribution in [3.05, 3.63) is 63.1 Å². The molecule has 2 aromatic carbocycles. The Morgan fingerprint density at radius 2 is 1.79 bits per heavy atom. The van der Waals surface area contributed by atoms with Crippen LogP contribution in [0.2, 0.25) is 10.0 Å². The highest BCUT2D eigenvalue weighted by molar-refractivity contribution is 6.42. The summed E-state index contributed by atoms with van der Waals surface area (Å²) in [5.74, 6) is -0.911. The van der Waals surface area contributed by atoms with E-state index in [9.17, 15) is 9.59 Å². The molecule has 0 spiro atoms. The third-order valence-corrected chi connectivity index (χ3v) is 4.29. The minimum Gasteiger partial charge on any atom is -0.490 e. The number of nitrogens with zero attached hydrogens (tertiary/aromatic N) is 1. The summed E-state index contributed by atoms with van der Waals surface area (Å²) in [5, 5.41) is 9.71. The summed E-state index contributed by atoms with van der Waals surface area (Å²) in [4.78, 5) is 24.2. The molecule has 0 aliphatic rings. The number of rotatable bonds is 7. The predicted molar refractivity (Wildman–Crippen MR) is 109 cm³/mol. The van der Waals surface area contributed by atoms with Crippen LogP contribution in [0.4, 0.5) is 0 Å². The lowest BCUT2D eigenvalue weighted by Crippen LogP contribution is -2.10. The standard InChI is InChI=1S/C21H17Cl2NO5/c1-3-27-19-10-13(9-15(12-24)20(25)28-4-2)5-8-18(19)29-21(26)14-6-7-16(22)17(23)11-14/h5-11H,3-4H2,1-2H3/b15-9+. The van der Waals surface area contributed by atoms with Crippen LogP contribution in [-0.4, -0.2) is 25.2 Å². The molecule has 0 atom stereocenters. The lowest BCUT2D eigenvalue weighted by molar-refractivity contribution is -0.137. The molecule has 0 aliphatic heterocycles. The van der Waals surface area contributed by atoms with Crippen LogP contribution in [0, 0.1) is 11.3 Å². The Hall–Kier alpha value is -3.01. The molecule has 0 aromatic heterocycles.